The first-order valence-electron chi connectivity index (χ1n) is 8.92. The molecule has 148 valence electrons. The highest BCUT2D eigenvalue weighted by molar-refractivity contribution is 7.90. The van der Waals surface area contributed by atoms with Gasteiger partial charge in [0.1, 0.15) is 5.69 Å². The van der Waals surface area contributed by atoms with E-state index < -0.39 is 27.9 Å². The molecule has 3 aromatic rings. The number of benzene rings is 2. The van der Waals surface area contributed by atoms with Gasteiger partial charge in [-0.3, -0.25) is 4.79 Å². The molecule has 0 spiro atoms. The van der Waals surface area contributed by atoms with Crippen molar-refractivity contribution in [2.24, 2.45) is 5.73 Å². The lowest BCUT2D eigenvalue weighted by molar-refractivity contribution is 0.0994. The molecule has 1 amide bonds. The maximum absolute atomic E-state index is 12.1. The van der Waals surface area contributed by atoms with Crippen LogP contribution >= 0.6 is 0 Å². The van der Waals surface area contributed by atoms with Gasteiger partial charge in [0.15, 0.2) is 0 Å². The molecule has 0 aliphatic rings. The summed E-state index contributed by atoms with van der Waals surface area (Å²) in [5.74, 6) is -0.818. The van der Waals surface area contributed by atoms with Gasteiger partial charge in [-0.15, -0.1) is 0 Å². The number of primary amides is 1. The smallest absolute Gasteiger partial charge is 0.268 e. The SMILES string of the molecule is C[C@H](O)[C@@H](CCc1cccc2ccccc12)n1cc(C(N)=O)nc1S(C)(=O)=O. The number of carbonyl (C=O) groups is 1. The van der Waals surface area contributed by atoms with E-state index in [-0.39, 0.29) is 10.9 Å². The Morgan fingerprint density at radius 1 is 1.21 bits per heavy atom. The van der Waals surface area contributed by atoms with Crippen LogP contribution in [0.25, 0.3) is 10.8 Å². The number of fused-ring (bicyclic) bond motifs is 1. The van der Waals surface area contributed by atoms with E-state index in [2.05, 4.69) is 4.98 Å². The largest absolute Gasteiger partial charge is 0.391 e. The summed E-state index contributed by atoms with van der Waals surface area (Å²) in [7, 11) is -3.71. The minimum Gasteiger partial charge on any atom is -0.391 e. The Morgan fingerprint density at radius 2 is 1.89 bits per heavy atom. The Hall–Kier alpha value is -2.71. The highest BCUT2D eigenvalue weighted by atomic mass is 32.2. The molecule has 0 aliphatic heterocycles. The van der Waals surface area contributed by atoms with Gasteiger partial charge < -0.3 is 15.4 Å². The zero-order valence-corrected chi connectivity index (χ0v) is 16.6. The quantitative estimate of drug-likeness (QED) is 0.629. The summed E-state index contributed by atoms with van der Waals surface area (Å²) < 4.78 is 25.6. The normalized spacial score (nSPS) is 14.1. The number of rotatable bonds is 7. The average Bonchev–Trinajstić information content (AvgIpc) is 3.07. The molecule has 8 heteroatoms. The second kappa shape index (κ2) is 7.73. The van der Waals surface area contributed by atoms with E-state index in [0.717, 1.165) is 22.6 Å². The molecule has 0 fully saturated rings. The Morgan fingerprint density at radius 3 is 2.54 bits per heavy atom. The van der Waals surface area contributed by atoms with Crippen LogP contribution in [0.1, 0.15) is 35.4 Å². The molecule has 0 aliphatic carbocycles. The van der Waals surface area contributed by atoms with E-state index in [1.54, 1.807) is 6.92 Å². The van der Waals surface area contributed by atoms with Crippen molar-refractivity contribution in [3.05, 3.63) is 59.9 Å². The molecule has 1 heterocycles. The van der Waals surface area contributed by atoms with Gasteiger partial charge in [0.2, 0.25) is 15.0 Å². The lowest BCUT2D eigenvalue weighted by atomic mass is 9.97. The fourth-order valence-corrected chi connectivity index (χ4v) is 4.27. The monoisotopic (exact) mass is 401 g/mol. The van der Waals surface area contributed by atoms with Crippen molar-refractivity contribution in [1.29, 1.82) is 0 Å². The minimum atomic E-state index is -3.71. The van der Waals surface area contributed by atoms with Crippen LogP contribution in [0.5, 0.6) is 0 Å². The summed E-state index contributed by atoms with van der Waals surface area (Å²) in [6.07, 6.45) is 2.54. The van der Waals surface area contributed by atoms with Crippen LogP contribution in [0, 0.1) is 0 Å². The van der Waals surface area contributed by atoms with Crippen LogP contribution in [0.2, 0.25) is 0 Å². The first kappa shape index (κ1) is 20.0. The van der Waals surface area contributed by atoms with Gasteiger partial charge in [-0.25, -0.2) is 13.4 Å². The number of aryl methyl sites for hydroxylation is 1. The van der Waals surface area contributed by atoms with Crippen LogP contribution in [-0.2, 0) is 16.3 Å². The van der Waals surface area contributed by atoms with Gasteiger partial charge in [-0.2, -0.15) is 0 Å². The van der Waals surface area contributed by atoms with E-state index in [1.165, 1.54) is 10.8 Å². The minimum absolute atomic E-state index is 0.142. The number of nitrogens with zero attached hydrogens (tertiary/aromatic N) is 2. The van der Waals surface area contributed by atoms with Gasteiger partial charge in [-0.05, 0) is 36.1 Å². The number of aromatic nitrogens is 2. The summed E-state index contributed by atoms with van der Waals surface area (Å²) in [5, 5.41) is 12.3. The molecular weight excluding hydrogens is 378 g/mol. The number of aliphatic hydroxyl groups is 1. The summed E-state index contributed by atoms with van der Waals surface area (Å²) in [6, 6.07) is 13.4. The van der Waals surface area contributed by atoms with E-state index >= 15 is 0 Å². The number of amides is 1. The molecule has 0 saturated heterocycles. The Kier molecular flexibility index (Phi) is 5.53. The second-order valence-electron chi connectivity index (χ2n) is 6.94. The highest BCUT2D eigenvalue weighted by Gasteiger charge is 2.27. The molecule has 3 N–H and O–H groups in total. The molecule has 0 radical (unpaired) electrons. The van der Waals surface area contributed by atoms with Crippen molar-refractivity contribution >= 4 is 26.5 Å². The van der Waals surface area contributed by atoms with Crippen LogP contribution in [0.15, 0.2) is 53.8 Å². The van der Waals surface area contributed by atoms with Crippen LogP contribution in [0.4, 0.5) is 0 Å². The molecule has 28 heavy (non-hydrogen) atoms. The van der Waals surface area contributed by atoms with Gasteiger partial charge in [0, 0.05) is 12.5 Å². The molecular formula is C20H23N3O4S. The first-order chi connectivity index (χ1) is 13.2. The van der Waals surface area contributed by atoms with E-state index in [9.17, 15) is 18.3 Å². The summed E-state index contributed by atoms with van der Waals surface area (Å²) in [6.45, 7) is 1.59. The van der Waals surface area contributed by atoms with Crippen molar-refractivity contribution in [3.8, 4) is 0 Å². The number of nitrogens with two attached hydrogens (primary N) is 1. The van der Waals surface area contributed by atoms with Gasteiger partial charge in [0.05, 0.1) is 12.1 Å². The van der Waals surface area contributed by atoms with Gasteiger partial charge >= 0.3 is 0 Å². The standard InChI is InChI=1S/C20H23N3O4S/c1-13(24)18(23-12-17(19(21)25)22-20(23)28(2,26)27)11-10-15-8-5-7-14-6-3-4-9-16(14)15/h3-9,12-13,18,24H,10-11H2,1-2H3,(H2,21,25)/t13-,18+/m0/s1. The van der Waals surface area contributed by atoms with Crippen molar-refractivity contribution in [1.82, 2.24) is 9.55 Å². The maximum Gasteiger partial charge on any atom is 0.268 e. The fourth-order valence-electron chi connectivity index (χ4n) is 3.43. The molecule has 7 nitrogen and oxygen atoms in total. The maximum atomic E-state index is 12.1. The van der Waals surface area contributed by atoms with Crippen LogP contribution < -0.4 is 5.73 Å². The molecule has 2 atom stereocenters. The number of carbonyl (C=O) groups excluding carboxylic acids is 1. The molecule has 1 aromatic heterocycles. The lowest BCUT2D eigenvalue weighted by Crippen LogP contribution is -2.24. The van der Waals surface area contributed by atoms with E-state index in [1.807, 2.05) is 42.5 Å². The average molecular weight is 401 g/mol. The predicted molar refractivity (Wildman–Crippen MR) is 107 cm³/mol. The van der Waals surface area contributed by atoms with Gasteiger partial charge in [-0.1, -0.05) is 42.5 Å². The van der Waals surface area contributed by atoms with Crippen molar-refractivity contribution in [2.45, 2.75) is 37.1 Å². The van der Waals surface area contributed by atoms with Crippen molar-refractivity contribution in [3.63, 3.8) is 0 Å². The molecule has 0 saturated carbocycles. The third kappa shape index (κ3) is 4.07. The number of hydrogen-bond donors (Lipinski definition) is 2. The Labute approximate surface area is 163 Å². The van der Waals surface area contributed by atoms with Gasteiger partial charge in [0.25, 0.3) is 5.91 Å². The predicted octanol–water partition coefficient (Wildman–Crippen LogP) is 2.09. The molecule has 2 aromatic carbocycles. The second-order valence-corrected chi connectivity index (χ2v) is 8.85. The Balaban J connectivity index is 1.98. The van der Waals surface area contributed by atoms with Crippen molar-refractivity contribution in [2.75, 3.05) is 6.26 Å². The molecule has 0 bridgehead atoms. The summed E-state index contributed by atoms with van der Waals surface area (Å²) in [4.78, 5) is 15.4. The van der Waals surface area contributed by atoms with Crippen molar-refractivity contribution < 1.29 is 18.3 Å². The first-order valence-corrected chi connectivity index (χ1v) is 10.8. The van der Waals surface area contributed by atoms with E-state index in [0.29, 0.717) is 12.8 Å². The number of aliphatic hydroxyl groups excluding tert-OH is 1. The van der Waals surface area contributed by atoms with Crippen LogP contribution in [0.3, 0.4) is 0 Å². The zero-order chi connectivity index (χ0) is 20.5. The Bertz CT molecular complexity index is 1110. The topological polar surface area (TPSA) is 115 Å². The number of sulfone groups is 1. The van der Waals surface area contributed by atoms with E-state index in [4.69, 9.17) is 5.73 Å². The summed E-state index contributed by atoms with van der Waals surface area (Å²) >= 11 is 0. The molecule has 3 rings (SSSR count). The summed E-state index contributed by atoms with van der Waals surface area (Å²) in [5.41, 5.74) is 6.23. The number of imidazole rings is 1. The van der Waals surface area contributed by atoms with Crippen LogP contribution in [-0.4, -0.2) is 41.3 Å². The highest BCUT2D eigenvalue weighted by Crippen LogP contribution is 2.27. The molecule has 0 unspecified atom stereocenters. The third-order valence-electron chi connectivity index (χ3n) is 4.79. The lowest BCUT2D eigenvalue weighted by Gasteiger charge is -2.23. The number of hydrogen-bond acceptors (Lipinski definition) is 5. The fraction of sp³-hybridized carbons (Fsp3) is 0.300. The zero-order valence-electron chi connectivity index (χ0n) is 15.7. The third-order valence-corrected chi connectivity index (χ3v) is 5.75.